The molecule has 7 heteroatoms. The molecule has 7 nitrogen and oxygen atoms in total. The van der Waals surface area contributed by atoms with Gasteiger partial charge in [-0.15, -0.1) is 0 Å². The number of nitrogens with zero attached hydrogens (tertiary/aromatic N) is 5. The minimum Gasteiger partial charge on any atom is -0.459 e. The number of fused-ring (bicyclic) bond motifs is 1. The van der Waals surface area contributed by atoms with E-state index in [9.17, 15) is 4.79 Å². The summed E-state index contributed by atoms with van der Waals surface area (Å²) in [7, 11) is 0. The van der Waals surface area contributed by atoms with Crippen LogP contribution in [0.15, 0.2) is 47.5 Å². The van der Waals surface area contributed by atoms with Crippen LogP contribution in [-0.4, -0.2) is 36.7 Å². The Morgan fingerprint density at radius 2 is 2.30 bits per heavy atom. The molecule has 3 aromatic heterocycles. The van der Waals surface area contributed by atoms with Gasteiger partial charge < -0.3 is 13.9 Å². The van der Waals surface area contributed by atoms with Crippen molar-refractivity contribution in [2.75, 3.05) is 6.54 Å². The van der Waals surface area contributed by atoms with Gasteiger partial charge in [-0.2, -0.15) is 5.10 Å². The zero-order valence-electron chi connectivity index (χ0n) is 12.8. The first-order valence-corrected chi connectivity index (χ1v) is 7.60. The molecule has 0 N–H and O–H groups in total. The third kappa shape index (κ3) is 2.34. The predicted molar refractivity (Wildman–Crippen MR) is 81.7 cm³/mol. The first kappa shape index (κ1) is 13.8. The van der Waals surface area contributed by atoms with E-state index in [-0.39, 0.29) is 11.9 Å². The molecular weight excluding hydrogens is 294 g/mol. The lowest BCUT2D eigenvalue weighted by Crippen LogP contribution is -2.41. The van der Waals surface area contributed by atoms with E-state index in [0.717, 1.165) is 18.1 Å². The van der Waals surface area contributed by atoms with Crippen LogP contribution >= 0.6 is 0 Å². The summed E-state index contributed by atoms with van der Waals surface area (Å²) in [6.07, 6.45) is 7.08. The SMILES string of the molecule is C[C@H]1c2ncc(Cn3cccn3)n2CCN1C(=O)c1ccco1. The number of furan rings is 1. The number of carbonyl (C=O) groups excluding carboxylic acids is 1. The maximum atomic E-state index is 12.5. The van der Waals surface area contributed by atoms with Crippen molar-refractivity contribution in [3.63, 3.8) is 0 Å². The smallest absolute Gasteiger partial charge is 0.290 e. The van der Waals surface area contributed by atoms with Crippen molar-refractivity contribution < 1.29 is 9.21 Å². The van der Waals surface area contributed by atoms with E-state index in [0.29, 0.717) is 18.8 Å². The van der Waals surface area contributed by atoms with Gasteiger partial charge >= 0.3 is 0 Å². The second kappa shape index (κ2) is 5.42. The summed E-state index contributed by atoms with van der Waals surface area (Å²) in [6, 6.07) is 5.23. The largest absolute Gasteiger partial charge is 0.459 e. The molecule has 1 atom stereocenters. The molecule has 1 amide bonds. The van der Waals surface area contributed by atoms with Crippen LogP contribution in [0.4, 0.5) is 0 Å². The van der Waals surface area contributed by atoms with Gasteiger partial charge in [-0.05, 0) is 25.1 Å². The van der Waals surface area contributed by atoms with Gasteiger partial charge in [0.05, 0.1) is 30.7 Å². The van der Waals surface area contributed by atoms with Crippen molar-refractivity contribution in [2.24, 2.45) is 0 Å². The molecule has 23 heavy (non-hydrogen) atoms. The number of imidazole rings is 1. The Morgan fingerprint density at radius 3 is 3.04 bits per heavy atom. The van der Waals surface area contributed by atoms with Gasteiger partial charge in [0.25, 0.3) is 5.91 Å². The summed E-state index contributed by atoms with van der Waals surface area (Å²) < 4.78 is 9.28. The molecule has 0 saturated heterocycles. The lowest BCUT2D eigenvalue weighted by atomic mass is 10.2. The fourth-order valence-electron chi connectivity index (χ4n) is 3.06. The van der Waals surface area contributed by atoms with Gasteiger partial charge in [0.15, 0.2) is 5.76 Å². The number of rotatable bonds is 3. The van der Waals surface area contributed by atoms with Crippen molar-refractivity contribution in [2.45, 2.75) is 26.1 Å². The van der Waals surface area contributed by atoms with Crippen LogP contribution in [0.3, 0.4) is 0 Å². The van der Waals surface area contributed by atoms with E-state index >= 15 is 0 Å². The number of carbonyl (C=O) groups is 1. The van der Waals surface area contributed by atoms with Crippen LogP contribution in [-0.2, 0) is 13.1 Å². The maximum absolute atomic E-state index is 12.5. The molecule has 0 bridgehead atoms. The molecule has 0 saturated carbocycles. The van der Waals surface area contributed by atoms with Crippen molar-refractivity contribution in [3.05, 3.63) is 60.3 Å². The normalized spacial score (nSPS) is 17.3. The van der Waals surface area contributed by atoms with Crippen molar-refractivity contribution in [1.29, 1.82) is 0 Å². The van der Waals surface area contributed by atoms with E-state index < -0.39 is 0 Å². The molecule has 0 aliphatic carbocycles. The summed E-state index contributed by atoms with van der Waals surface area (Å²) in [5, 5.41) is 4.23. The summed E-state index contributed by atoms with van der Waals surface area (Å²) >= 11 is 0. The quantitative estimate of drug-likeness (QED) is 0.741. The molecule has 1 aliphatic rings. The van der Waals surface area contributed by atoms with Crippen LogP contribution in [0.1, 0.15) is 35.0 Å². The van der Waals surface area contributed by atoms with Gasteiger partial charge in [0, 0.05) is 25.5 Å². The van der Waals surface area contributed by atoms with Gasteiger partial charge in [0.1, 0.15) is 5.82 Å². The van der Waals surface area contributed by atoms with Crippen LogP contribution in [0.2, 0.25) is 0 Å². The van der Waals surface area contributed by atoms with Gasteiger partial charge in [-0.1, -0.05) is 0 Å². The predicted octanol–water partition coefficient (Wildman–Crippen LogP) is 1.94. The molecular formula is C16H17N5O2. The molecule has 0 unspecified atom stereocenters. The molecule has 0 aromatic carbocycles. The summed E-state index contributed by atoms with van der Waals surface area (Å²) in [4.78, 5) is 18.9. The standard InChI is InChI=1S/C16H17N5O2/c1-12-15-17-10-13(11-19-6-3-5-18-19)21(15)8-7-20(12)16(22)14-4-2-9-23-14/h2-6,9-10,12H,7-8,11H2,1H3/t12-/m0/s1. The molecule has 1 aliphatic heterocycles. The first-order chi connectivity index (χ1) is 11.2. The van der Waals surface area contributed by atoms with E-state index in [1.807, 2.05) is 30.1 Å². The Bertz CT molecular complexity index is 804. The Morgan fingerprint density at radius 1 is 1.39 bits per heavy atom. The molecule has 118 valence electrons. The number of hydrogen-bond donors (Lipinski definition) is 0. The Hall–Kier alpha value is -2.83. The van der Waals surface area contributed by atoms with Gasteiger partial charge in [-0.25, -0.2) is 4.98 Å². The van der Waals surface area contributed by atoms with Gasteiger partial charge in [-0.3, -0.25) is 9.48 Å². The van der Waals surface area contributed by atoms with E-state index in [2.05, 4.69) is 14.6 Å². The third-order valence-corrected chi connectivity index (χ3v) is 4.25. The van der Waals surface area contributed by atoms with E-state index in [4.69, 9.17) is 4.42 Å². The van der Waals surface area contributed by atoms with Crippen LogP contribution in [0, 0.1) is 0 Å². The third-order valence-electron chi connectivity index (χ3n) is 4.25. The fourth-order valence-corrected chi connectivity index (χ4v) is 3.06. The van der Waals surface area contributed by atoms with E-state index in [1.165, 1.54) is 6.26 Å². The fraction of sp³-hybridized carbons (Fsp3) is 0.312. The van der Waals surface area contributed by atoms with Crippen LogP contribution < -0.4 is 0 Å². The lowest BCUT2D eigenvalue weighted by molar-refractivity contribution is 0.0603. The highest BCUT2D eigenvalue weighted by Gasteiger charge is 2.31. The topological polar surface area (TPSA) is 69.1 Å². The molecule has 4 heterocycles. The zero-order valence-corrected chi connectivity index (χ0v) is 12.8. The number of amides is 1. The summed E-state index contributed by atoms with van der Waals surface area (Å²) in [5.41, 5.74) is 1.10. The summed E-state index contributed by atoms with van der Waals surface area (Å²) in [6.45, 7) is 4.04. The molecule has 0 fully saturated rings. The lowest BCUT2D eigenvalue weighted by Gasteiger charge is -2.33. The van der Waals surface area contributed by atoms with Crippen molar-refractivity contribution >= 4 is 5.91 Å². The average molecular weight is 311 g/mol. The van der Waals surface area contributed by atoms with Crippen molar-refractivity contribution in [1.82, 2.24) is 24.2 Å². The zero-order chi connectivity index (χ0) is 15.8. The number of hydrogen-bond acceptors (Lipinski definition) is 4. The highest BCUT2D eigenvalue weighted by Crippen LogP contribution is 2.27. The first-order valence-electron chi connectivity index (χ1n) is 7.60. The summed E-state index contributed by atoms with van der Waals surface area (Å²) in [5.74, 6) is 1.18. The van der Waals surface area contributed by atoms with Crippen LogP contribution in [0.25, 0.3) is 0 Å². The van der Waals surface area contributed by atoms with Gasteiger partial charge in [0.2, 0.25) is 0 Å². The minimum atomic E-state index is -0.0922. The highest BCUT2D eigenvalue weighted by molar-refractivity contribution is 5.91. The second-order valence-corrected chi connectivity index (χ2v) is 5.61. The molecule has 4 rings (SSSR count). The molecule has 3 aromatic rings. The van der Waals surface area contributed by atoms with E-state index in [1.54, 1.807) is 23.2 Å². The Labute approximate surface area is 133 Å². The second-order valence-electron chi connectivity index (χ2n) is 5.61. The minimum absolute atomic E-state index is 0.0901. The van der Waals surface area contributed by atoms with Crippen LogP contribution in [0.5, 0.6) is 0 Å². The monoisotopic (exact) mass is 311 g/mol. The highest BCUT2D eigenvalue weighted by atomic mass is 16.3. The Balaban J connectivity index is 1.59. The number of aromatic nitrogens is 4. The molecule has 0 spiro atoms. The molecule has 0 radical (unpaired) electrons. The van der Waals surface area contributed by atoms with Crippen molar-refractivity contribution in [3.8, 4) is 0 Å². The Kier molecular flexibility index (Phi) is 3.25. The maximum Gasteiger partial charge on any atom is 0.290 e. The average Bonchev–Trinajstić information content (AvgIpc) is 3.30.